The number of nitrogens with zero attached hydrogens (tertiary/aromatic N) is 1. The lowest BCUT2D eigenvalue weighted by molar-refractivity contribution is -0.117. The Kier molecular flexibility index (Phi) is 8.85. The summed E-state index contributed by atoms with van der Waals surface area (Å²) in [5.74, 6) is -0.946. The first-order chi connectivity index (χ1) is 17.5. The van der Waals surface area contributed by atoms with Crippen LogP contribution in [0.2, 0.25) is 0 Å². The van der Waals surface area contributed by atoms with Crippen LogP contribution in [0.15, 0.2) is 54.6 Å². The molecule has 0 saturated carbocycles. The molecule has 1 atom stereocenters. The van der Waals surface area contributed by atoms with Crippen LogP contribution in [0, 0.1) is 0 Å². The first kappa shape index (κ1) is 25.6. The van der Waals surface area contributed by atoms with Gasteiger partial charge in [0.15, 0.2) is 0 Å². The zero-order chi connectivity index (χ0) is 25.3. The Hall–Kier alpha value is -3.51. The average molecular weight is 512 g/mol. The number of hydrogen-bond acceptors (Lipinski definition) is 7. The van der Waals surface area contributed by atoms with E-state index in [1.165, 1.54) is 11.3 Å². The lowest BCUT2D eigenvalue weighted by Gasteiger charge is -2.26. The van der Waals surface area contributed by atoms with Crippen LogP contribution in [-0.2, 0) is 16.0 Å². The van der Waals surface area contributed by atoms with Gasteiger partial charge in [-0.1, -0.05) is 30.3 Å². The molecule has 1 aliphatic rings. The van der Waals surface area contributed by atoms with E-state index in [4.69, 9.17) is 9.94 Å². The van der Waals surface area contributed by atoms with E-state index in [1.54, 1.807) is 29.7 Å². The number of anilines is 1. The maximum Gasteiger partial charge on any atom is 0.315 e. The molecule has 0 radical (unpaired) electrons. The minimum atomic E-state index is -0.801. The summed E-state index contributed by atoms with van der Waals surface area (Å²) >= 11 is 1.23. The molecule has 4 rings (SSSR count). The molecule has 3 aromatic rings. The van der Waals surface area contributed by atoms with Crippen molar-refractivity contribution in [3.8, 4) is 0 Å². The number of benzene rings is 2. The van der Waals surface area contributed by atoms with E-state index in [2.05, 4.69) is 20.9 Å². The van der Waals surface area contributed by atoms with Gasteiger partial charge in [0.2, 0.25) is 5.91 Å². The monoisotopic (exact) mass is 511 g/mol. The van der Waals surface area contributed by atoms with E-state index in [0.717, 1.165) is 28.7 Å². The van der Waals surface area contributed by atoms with Gasteiger partial charge in [0.1, 0.15) is 6.04 Å². The van der Waals surface area contributed by atoms with E-state index >= 15 is 0 Å². The number of carbonyl (C=O) groups is 3. The maximum absolute atomic E-state index is 13.2. The van der Waals surface area contributed by atoms with E-state index in [-0.39, 0.29) is 5.91 Å². The van der Waals surface area contributed by atoms with Crippen molar-refractivity contribution in [3.63, 3.8) is 0 Å². The van der Waals surface area contributed by atoms with Gasteiger partial charge in [0, 0.05) is 43.0 Å². The predicted octanol–water partition coefficient (Wildman–Crippen LogP) is 2.20. The van der Waals surface area contributed by atoms with Gasteiger partial charge in [0.05, 0.1) is 18.1 Å². The summed E-state index contributed by atoms with van der Waals surface area (Å²) in [4.78, 5) is 40.1. The highest BCUT2D eigenvalue weighted by Gasteiger charge is 2.22. The Bertz CT molecular complexity index is 1200. The second kappa shape index (κ2) is 12.5. The van der Waals surface area contributed by atoms with Crippen molar-refractivity contribution in [2.45, 2.75) is 12.5 Å². The zero-order valence-corrected chi connectivity index (χ0v) is 20.5. The number of rotatable bonds is 9. The summed E-state index contributed by atoms with van der Waals surface area (Å²) < 4.78 is 6.18. The van der Waals surface area contributed by atoms with Gasteiger partial charge < -0.3 is 20.7 Å². The second-order valence-corrected chi connectivity index (χ2v) is 9.47. The van der Waals surface area contributed by atoms with Crippen molar-refractivity contribution in [2.75, 3.05) is 44.7 Å². The molecule has 0 spiro atoms. The number of hydrogen-bond donors (Lipinski definition) is 5. The normalized spacial score (nSPS) is 14.7. The molecule has 1 aliphatic heterocycles. The molecule has 1 saturated heterocycles. The lowest BCUT2D eigenvalue weighted by Crippen LogP contribution is -2.50. The van der Waals surface area contributed by atoms with Crippen LogP contribution in [0.1, 0.15) is 15.2 Å². The van der Waals surface area contributed by atoms with Crippen LogP contribution in [0.4, 0.5) is 10.5 Å². The van der Waals surface area contributed by atoms with Crippen LogP contribution in [0.5, 0.6) is 0 Å². The molecule has 5 N–H and O–H groups in total. The van der Waals surface area contributed by atoms with Crippen LogP contribution >= 0.6 is 11.3 Å². The largest absolute Gasteiger partial charge is 0.379 e. The summed E-state index contributed by atoms with van der Waals surface area (Å²) in [7, 11) is 0. The fourth-order valence-corrected chi connectivity index (χ4v) is 4.87. The number of nitrogens with one attached hydrogen (secondary N) is 4. The Morgan fingerprint density at radius 3 is 2.58 bits per heavy atom. The van der Waals surface area contributed by atoms with E-state index < -0.39 is 18.0 Å². The molecular weight excluding hydrogens is 482 g/mol. The van der Waals surface area contributed by atoms with Gasteiger partial charge in [-0.05, 0) is 35.2 Å². The fourth-order valence-electron chi connectivity index (χ4n) is 3.94. The summed E-state index contributed by atoms with van der Waals surface area (Å²) in [5.41, 5.74) is 3.08. The fraction of sp³-hybridized carbons (Fsp3) is 0.320. The Morgan fingerprint density at radius 1 is 1.06 bits per heavy atom. The van der Waals surface area contributed by atoms with Gasteiger partial charge in [-0.25, -0.2) is 10.3 Å². The third kappa shape index (κ3) is 7.01. The summed E-state index contributed by atoms with van der Waals surface area (Å²) in [5, 5.41) is 18.1. The maximum atomic E-state index is 13.2. The van der Waals surface area contributed by atoms with Crippen molar-refractivity contribution in [1.82, 2.24) is 21.0 Å². The van der Waals surface area contributed by atoms with Crippen LogP contribution in [-0.4, -0.2) is 73.4 Å². The van der Waals surface area contributed by atoms with Crippen LogP contribution in [0.3, 0.4) is 0 Å². The van der Waals surface area contributed by atoms with Crippen LogP contribution < -0.4 is 21.4 Å². The summed E-state index contributed by atoms with van der Waals surface area (Å²) in [6, 6.07) is 15.2. The van der Waals surface area contributed by atoms with Gasteiger partial charge in [-0.2, -0.15) is 0 Å². The highest BCUT2D eigenvalue weighted by Crippen LogP contribution is 2.28. The minimum Gasteiger partial charge on any atom is -0.379 e. The molecule has 1 aromatic heterocycles. The Balaban J connectivity index is 1.40. The summed E-state index contributed by atoms with van der Waals surface area (Å²) in [6.07, 6.45) is 0.324. The number of carbonyl (C=O) groups excluding carboxylic acids is 3. The third-order valence-corrected chi connectivity index (χ3v) is 6.95. The number of fused-ring (bicyclic) bond motifs is 1. The van der Waals surface area contributed by atoms with Crippen molar-refractivity contribution < 1.29 is 24.3 Å². The first-order valence-electron chi connectivity index (χ1n) is 11.7. The molecule has 0 bridgehead atoms. The summed E-state index contributed by atoms with van der Waals surface area (Å²) in [6.45, 7) is 4.23. The molecule has 1 fully saturated rings. The second-order valence-electron chi connectivity index (χ2n) is 8.39. The number of urea groups is 1. The van der Waals surface area contributed by atoms with E-state index in [1.807, 2.05) is 30.3 Å². The zero-order valence-electron chi connectivity index (χ0n) is 19.7. The molecular formula is C25H29N5O5S. The molecule has 190 valence electrons. The number of morpholine rings is 1. The van der Waals surface area contributed by atoms with Crippen molar-refractivity contribution in [1.29, 1.82) is 0 Å². The van der Waals surface area contributed by atoms with E-state index in [0.29, 0.717) is 43.3 Å². The minimum absolute atomic E-state index is 0.324. The van der Waals surface area contributed by atoms with E-state index in [9.17, 15) is 14.4 Å². The Labute approximate surface area is 212 Å². The molecule has 0 unspecified atom stereocenters. The number of thiophene rings is 1. The van der Waals surface area contributed by atoms with Crippen molar-refractivity contribution in [3.05, 3.63) is 65.0 Å². The van der Waals surface area contributed by atoms with Gasteiger partial charge in [-0.3, -0.25) is 19.7 Å². The molecule has 36 heavy (non-hydrogen) atoms. The number of ether oxygens (including phenoxy) is 1. The highest BCUT2D eigenvalue weighted by molar-refractivity contribution is 7.20. The smallest absolute Gasteiger partial charge is 0.315 e. The predicted molar refractivity (Wildman–Crippen MR) is 137 cm³/mol. The number of hydroxylamine groups is 1. The van der Waals surface area contributed by atoms with Crippen molar-refractivity contribution >= 4 is 45.0 Å². The molecule has 2 heterocycles. The topological polar surface area (TPSA) is 132 Å². The molecule has 2 aromatic carbocycles. The highest BCUT2D eigenvalue weighted by atomic mass is 32.1. The van der Waals surface area contributed by atoms with Crippen molar-refractivity contribution in [2.24, 2.45) is 0 Å². The number of amides is 4. The third-order valence-electron chi connectivity index (χ3n) is 5.83. The molecule has 0 aliphatic carbocycles. The average Bonchev–Trinajstić information content (AvgIpc) is 3.32. The lowest BCUT2D eigenvalue weighted by atomic mass is 10.1. The molecule has 10 nitrogen and oxygen atoms in total. The Morgan fingerprint density at radius 2 is 1.83 bits per heavy atom. The quantitative estimate of drug-likeness (QED) is 0.221. The molecule has 11 heteroatoms. The van der Waals surface area contributed by atoms with Gasteiger partial charge in [0.25, 0.3) is 5.91 Å². The standard InChI is InChI=1S/C25H29N5O5S/c31-23(27-19-6-7-21-18(15-19)16-22(36-21)24(32)29-34)20(14-17-4-2-1-3-5-17)28-25(33)26-8-9-30-10-12-35-13-11-30/h1-7,15-16,20,34H,8-14H2,(H,27,31)(H,29,32)(H2,26,28,33)/t20-/m0/s1. The first-order valence-corrected chi connectivity index (χ1v) is 12.5. The van der Waals surface area contributed by atoms with Crippen LogP contribution in [0.25, 0.3) is 10.1 Å². The SMILES string of the molecule is O=C(NCCN1CCOCC1)N[C@@H](Cc1ccccc1)C(=O)Nc1ccc2sc(C(=O)NO)cc2c1. The van der Waals surface area contributed by atoms with Gasteiger partial charge >= 0.3 is 6.03 Å². The van der Waals surface area contributed by atoms with Gasteiger partial charge in [-0.15, -0.1) is 11.3 Å². The molecule has 4 amide bonds.